The van der Waals surface area contributed by atoms with Crippen molar-refractivity contribution < 1.29 is 9.66 Å². The minimum Gasteiger partial charge on any atom is -0.487 e. The summed E-state index contributed by atoms with van der Waals surface area (Å²) in [6.45, 7) is 0.830. The Bertz CT molecular complexity index is 997. The van der Waals surface area contributed by atoms with Gasteiger partial charge in [0.15, 0.2) is 0 Å². The van der Waals surface area contributed by atoms with Gasteiger partial charge in [0.1, 0.15) is 12.4 Å². The lowest BCUT2D eigenvalue weighted by molar-refractivity contribution is -0.384. The van der Waals surface area contributed by atoms with Gasteiger partial charge in [-0.15, -0.1) is 0 Å². The third kappa shape index (κ3) is 5.47. The predicted octanol–water partition coefficient (Wildman–Crippen LogP) is 6.96. The van der Waals surface area contributed by atoms with Crippen molar-refractivity contribution in [2.45, 2.75) is 13.2 Å². The van der Waals surface area contributed by atoms with Crippen LogP contribution >= 0.6 is 43.5 Å². The van der Waals surface area contributed by atoms with E-state index in [0.717, 1.165) is 20.1 Å². The fourth-order valence-corrected chi connectivity index (χ4v) is 4.12. The normalized spacial score (nSPS) is 10.5. The molecular weight excluding hydrogens is 511 g/mol. The van der Waals surface area contributed by atoms with E-state index >= 15 is 0 Å². The van der Waals surface area contributed by atoms with Crippen molar-refractivity contribution in [3.05, 3.63) is 95.9 Å². The van der Waals surface area contributed by atoms with Crippen LogP contribution in [0.2, 0.25) is 5.02 Å². The summed E-state index contributed by atoms with van der Waals surface area (Å²) in [5.41, 5.74) is 2.60. The van der Waals surface area contributed by atoms with E-state index in [9.17, 15) is 10.1 Å². The van der Waals surface area contributed by atoms with Gasteiger partial charge in [-0.2, -0.15) is 0 Å². The minimum atomic E-state index is -0.415. The zero-order valence-electron chi connectivity index (χ0n) is 14.5. The topological polar surface area (TPSA) is 64.4 Å². The smallest absolute Gasteiger partial charge is 0.271 e. The molecule has 0 spiro atoms. The third-order valence-corrected chi connectivity index (χ3v) is 5.22. The second-order valence-electron chi connectivity index (χ2n) is 5.95. The first-order valence-electron chi connectivity index (χ1n) is 8.26. The van der Waals surface area contributed by atoms with Crippen molar-refractivity contribution in [1.82, 2.24) is 0 Å². The molecule has 5 nitrogen and oxygen atoms in total. The first-order valence-corrected chi connectivity index (χ1v) is 10.2. The SMILES string of the molecule is O=[N+]([O-])c1cccc(NCc2cc(Br)cc(Br)c2OCc2ccc(Cl)cc2)c1. The summed E-state index contributed by atoms with van der Waals surface area (Å²) in [5, 5.41) is 14.8. The van der Waals surface area contributed by atoms with Crippen LogP contribution in [0.4, 0.5) is 11.4 Å². The van der Waals surface area contributed by atoms with Crippen LogP contribution in [0.1, 0.15) is 11.1 Å². The number of rotatable bonds is 7. The van der Waals surface area contributed by atoms with Gasteiger partial charge < -0.3 is 10.1 Å². The van der Waals surface area contributed by atoms with E-state index in [1.54, 1.807) is 12.1 Å². The summed E-state index contributed by atoms with van der Waals surface area (Å²) in [5.74, 6) is 0.705. The Labute approximate surface area is 184 Å². The third-order valence-electron chi connectivity index (χ3n) is 3.92. The first-order chi connectivity index (χ1) is 13.4. The van der Waals surface area contributed by atoms with Gasteiger partial charge in [-0.3, -0.25) is 10.1 Å². The van der Waals surface area contributed by atoms with Gasteiger partial charge in [-0.25, -0.2) is 0 Å². The number of halogens is 3. The Hall–Kier alpha value is -2.09. The molecule has 0 aliphatic heterocycles. The van der Waals surface area contributed by atoms with Crippen molar-refractivity contribution in [3.8, 4) is 5.75 Å². The number of hydrogen-bond acceptors (Lipinski definition) is 4. The summed E-state index contributed by atoms with van der Waals surface area (Å²) in [4.78, 5) is 10.5. The number of non-ortho nitro benzene ring substituents is 1. The Kier molecular flexibility index (Phi) is 6.93. The molecule has 0 aliphatic carbocycles. The molecule has 0 unspecified atom stereocenters. The Balaban J connectivity index is 1.77. The molecule has 0 bridgehead atoms. The van der Waals surface area contributed by atoms with Gasteiger partial charge in [0, 0.05) is 39.4 Å². The second-order valence-corrected chi connectivity index (χ2v) is 8.16. The minimum absolute atomic E-state index is 0.0413. The highest BCUT2D eigenvalue weighted by atomic mass is 79.9. The van der Waals surface area contributed by atoms with Crippen molar-refractivity contribution in [3.63, 3.8) is 0 Å². The summed E-state index contributed by atoms with van der Waals surface area (Å²) in [6, 6.07) is 17.7. The molecular formula is C20H15Br2ClN2O3. The van der Waals surface area contributed by atoms with Crippen LogP contribution < -0.4 is 10.1 Å². The Morgan fingerprint density at radius 2 is 1.82 bits per heavy atom. The highest BCUT2D eigenvalue weighted by Crippen LogP contribution is 2.34. The monoisotopic (exact) mass is 524 g/mol. The summed E-state index contributed by atoms with van der Waals surface area (Å²) >= 11 is 13.0. The maximum Gasteiger partial charge on any atom is 0.271 e. The molecule has 0 aromatic heterocycles. The van der Waals surface area contributed by atoms with Crippen molar-refractivity contribution in [2.75, 3.05) is 5.32 Å². The lowest BCUT2D eigenvalue weighted by atomic mass is 10.2. The van der Waals surface area contributed by atoms with Crippen LogP contribution in [0.25, 0.3) is 0 Å². The van der Waals surface area contributed by atoms with Crippen LogP contribution in [-0.4, -0.2) is 4.92 Å². The second kappa shape index (κ2) is 9.41. The van der Waals surface area contributed by atoms with E-state index < -0.39 is 4.92 Å². The van der Waals surface area contributed by atoms with Gasteiger partial charge in [0.05, 0.1) is 9.40 Å². The number of hydrogen-bond donors (Lipinski definition) is 1. The number of ether oxygens (including phenoxy) is 1. The Morgan fingerprint density at radius 3 is 2.54 bits per heavy atom. The number of benzene rings is 3. The predicted molar refractivity (Wildman–Crippen MR) is 118 cm³/mol. The highest BCUT2D eigenvalue weighted by Gasteiger charge is 2.12. The lowest BCUT2D eigenvalue weighted by Gasteiger charge is -2.15. The molecule has 0 aliphatic rings. The first kappa shape index (κ1) is 20.6. The number of nitro groups is 1. The van der Waals surface area contributed by atoms with Gasteiger partial charge >= 0.3 is 0 Å². The van der Waals surface area contributed by atoms with E-state index in [4.69, 9.17) is 16.3 Å². The molecule has 3 aromatic rings. The van der Waals surface area contributed by atoms with E-state index in [1.807, 2.05) is 36.4 Å². The Morgan fingerprint density at radius 1 is 1.07 bits per heavy atom. The quantitative estimate of drug-likeness (QED) is 0.267. The molecule has 3 rings (SSSR count). The molecule has 144 valence electrons. The maximum absolute atomic E-state index is 10.9. The van der Waals surface area contributed by atoms with E-state index in [0.29, 0.717) is 29.6 Å². The molecule has 0 radical (unpaired) electrons. The zero-order chi connectivity index (χ0) is 20.1. The molecule has 1 N–H and O–H groups in total. The highest BCUT2D eigenvalue weighted by molar-refractivity contribution is 9.11. The lowest BCUT2D eigenvalue weighted by Crippen LogP contribution is -2.05. The number of nitrogens with zero attached hydrogens (tertiary/aromatic N) is 1. The number of nitro benzene ring substituents is 1. The number of nitrogens with one attached hydrogen (secondary N) is 1. The van der Waals surface area contributed by atoms with Crippen molar-refractivity contribution in [1.29, 1.82) is 0 Å². The van der Waals surface area contributed by atoms with Crippen LogP contribution in [0.15, 0.2) is 69.6 Å². The van der Waals surface area contributed by atoms with Gasteiger partial charge in [0.25, 0.3) is 5.69 Å². The molecule has 0 saturated carbocycles. The molecule has 8 heteroatoms. The fourth-order valence-electron chi connectivity index (χ4n) is 2.57. The van der Waals surface area contributed by atoms with Gasteiger partial charge in [-0.05, 0) is 51.8 Å². The summed E-state index contributed by atoms with van der Waals surface area (Å²) < 4.78 is 7.75. The molecule has 28 heavy (non-hydrogen) atoms. The largest absolute Gasteiger partial charge is 0.487 e. The maximum atomic E-state index is 10.9. The zero-order valence-corrected chi connectivity index (χ0v) is 18.4. The average molecular weight is 527 g/mol. The molecule has 0 amide bonds. The van der Waals surface area contributed by atoms with Gasteiger partial charge in [-0.1, -0.05) is 45.7 Å². The van der Waals surface area contributed by atoms with Gasteiger partial charge in [0.2, 0.25) is 0 Å². The van der Waals surface area contributed by atoms with E-state index in [1.165, 1.54) is 12.1 Å². The van der Waals surface area contributed by atoms with E-state index in [-0.39, 0.29) is 5.69 Å². The van der Waals surface area contributed by atoms with Crippen LogP contribution in [0.3, 0.4) is 0 Å². The summed E-state index contributed by atoms with van der Waals surface area (Å²) in [6.07, 6.45) is 0. The van der Waals surface area contributed by atoms with Crippen LogP contribution in [-0.2, 0) is 13.2 Å². The fraction of sp³-hybridized carbons (Fsp3) is 0.100. The molecule has 3 aromatic carbocycles. The molecule has 0 fully saturated rings. The molecule has 0 saturated heterocycles. The van der Waals surface area contributed by atoms with Crippen molar-refractivity contribution in [2.24, 2.45) is 0 Å². The van der Waals surface area contributed by atoms with E-state index in [2.05, 4.69) is 37.2 Å². The average Bonchev–Trinajstić information content (AvgIpc) is 2.67. The number of anilines is 1. The van der Waals surface area contributed by atoms with Crippen LogP contribution in [0, 0.1) is 10.1 Å². The standard InChI is InChI=1S/C20H15Br2ClN2O3/c21-15-8-14(11-24-17-2-1-3-18(10-17)25(26)27)20(19(22)9-15)28-12-13-4-6-16(23)7-5-13/h1-10,24H,11-12H2. The molecule has 0 heterocycles. The molecule has 0 atom stereocenters. The summed E-state index contributed by atoms with van der Waals surface area (Å²) in [7, 11) is 0. The van der Waals surface area contributed by atoms with Crippen LogP contribution in [0.5, 0.6) is 5.75 Å². The van der Waals surface area contributed by atoms with Crippen molar-refractivity contribution >= 4 is 54.8 Å².